The first-order valence-electron chi connectivity index (χ1n) is 5.84. The zero-order valence-electron chi connectivity index (χ0n) is 11.3. The van der Waals surface area contributed by atoms with Gasteiger partial charge in [0.15, 0.2) is 5.69 Å². The van der Waals surface area contributed by atoms with E-state index >= 15 is 0 Å². The molecule has 0 bridgehead atoms. The van der Waals surface area contributed by atoms with Crippen molar-refractivity contribution in [2.75, 3.05) is 33.1 Å². The van der Waals surface area contributed by atoms with Crippen molar-refractivity contribution in [1.82, 2.24) is 14.9 Å². The highest BCUT2D eigenvalue weighted by Crippen LogP contribution is 2.06. The Morgan fingerprint density at radius 2 is 2.17 bits per heavy atom. The van der Waals surface area contributed by atoms with E-state index in [4.69, 9.17) is 0 Å². The third-order valence-electron chi connectivity index (χ3n) is 2.45. The number of hydrogen-bond acceptors (Lipinski definition) is 6. The molecular formula is C12H20N4O2. The van der Waals surface area contributed by atoms with Crippen molar-refractivity contribution in [1.29, 1.82) is 0 Å². The number of aromatic nitrogens is 2. The molecule has 1 unspecified atom stereocenters. The molecule has 6 nitrogen and oxygen atoms in total. The zero-order chi connectivity index (χ0) is 13.5. The molecule has 1 aromatic rings. The van der Waals surface area contributed by atoms with Gasteiger partial charge in [0, 0.05) is 6.04 Å². The molecule has 0 aliphatic carbocycles. The fourth-order valence-corrected chi connectivity index (χ4v) is 1.39. The first-order valence-corrected chi connectivity index (χ1v) is 5.84. The molecule has 0 saturated heterocycles. The Kier molecular flexibility index (Phi) is 5.51. The number of esters is 1. The predicted molar refractivity (Wildman–Crippen MR) is 69.6 cm³/mol. The normalized spacial score (nSPS) is 12.3. The topological polar surface area (TPSA) is 67.3 Å². The van der Waals surface area contributed by atoms with Crippen LogP contribution in [0.5, 0.6) is 0 Å². The molecule has 0 saturated carbocycles. The molecule has 0 amide bonds. The fraction of sp³-hybridized carbons (Fsp3) is 0.583. The maximum absolute atomic E-state index is 11.2. The molecule has 1 N–H and O–H groups in total. The summed E-state index contributed by atoms with van der Waals surface area (Å²) in [5.74, 6) is 0.184. The van der Waals surface area contributed by atoms with Crippen molar-refractivity contribution in [2.24, 2.45) is 0 Å². The molecule has 1 heterocycles. The summed E-state index contributed by atoms with van der Waals surface area (Å²) in [7, 11) is 5.40. The SMILES string of the molecule is COC(=O)c1cnc(NC(C)CCN(C)C)cn1. The van der Waals surface area contributed by atoms with Crippen LogP contribution in [0.1, 0.15) is 23.8 Å². The molecule has 100 valence electrons. The Bertz CT molecular complexity index is 378. The highest BCUT2D eigenvalue weighted by molar-refractivity contribution is 5.86. The van der Waals surface area contributed by atoms with Crippen LogP contribution in [-0.4, -0.2) is 54.6 Å². The van der Waals surface area contributed by atoms with Crippen molar-refractivity contribution < 1.29 is 9.53 Å². The first-order chi connectivity index (χ1) is 8.52. The molecular weight excluding hydrogens is 232 g/mol. The standard InChI is InChI=1S/C12H20N4O2/c1-9(5-6-16(2)3)15-11-8-13-10(7-14-11)12(17)18-4/h7-9H,5-6H2,1-4H3,(H,14,15). The second-order valence-corrected chi connectivity index (χ2v) is 4.42. The highest BCUT2D eigenvalue weighted by atomic mass is 16.5. The van der Waals surface area contributed by atoms with E-state index in [1.54, 1.807) is 6.20 Å². The van der Waals surface area contributed by atoms with Gasteiger partial charge in [0.05, 0.1) is 19.5 Å². The third kappa shape index (κ3) is 4.67. The van der Waals surface area contributed by atoms with Gasteiger partial charge in [-0.15, -0.1) is 0 Å². The lowest BCUT2D eigenvalue weighted by atomic mass is 10.2. The van der Waals surface area contributed by atoms with Gasteiger partial charge in [-0.1, -0.05) is 0 Å². The van der Waals surface area contributed by atoms with Crippen LogP contribution in [-0.2, 0) is 4.74 Å². The number of nitrogens with one attached hydrogen (secondary N) is 1. The Morgan fingerprint density at radius 3 is 2.67 bits per heavy atom. The molecule has 0 radical (unpaired) electrons. The highest BCUT2D eigenvalue weighted by Gasteiger charge is 2.08. The van der Waals surface area contributed by atoms with Crippen molar-refractivity contribution in [2.45, 2.75) is 19.4 Å². The maximum Gasteiger partial charge on any atom is 0.358 e. The molecule has 1 atom stereocenters. The second-order valence-electron chi connectivity index (χ2n) is 4.42. The number of anilines is 1. The molecule has 0 fully saturated rings. The van der Waals surface area contributed by atoms with Gasteiger partial charge in [-0.2, -0.15) is 0 Å². The van der Waals surface area contributed by atoms with E-state index in [1.807, 2.05) is 14.1 Å². The summed E-state index contributed by atoms with van der Waals surface area (Å²) in [6, 6.07) is 0.297. The number of ether oxygens (including phenoxy) is 1. The number of carbonyl (C=O) groups excluding carboxylic acids is 1. The first kappa shape index (κ1) is 14.4. The maximum atomic E-state index is 11.2. The van der Waals surface area contributed by atoms with Gasteiger partial charge in [0.1, 0.15) is 5.82 Å². The molecule has 1 rings (SSSR count). The van der Waals surface area contributed by atoms with E-state index < -0.39 is 5.97 Å². The van der Waals surface area contributed by atoms with Gasteiger partial charge in [0.25, 0.3) is 0 Å². The van der Waals surface area contributed by atoms with Crippen LogP contribution >= 0.6 is 0 Å². The van der Waals surface area contributed by atoms with Crippen LogP contribution in [0.15, 0.2) is 12.4 Å². The molecule has 1 aromatic heterocycles. The van der Waals surface area contributed by atoms with Crippen molar-refractivity contribution in [3.05, 3.63) is 18.1 Å². The molecule has 0 aliphatic rings. The van der Waals surface area contributed by atoms with Gasteiger partial charge in [0.2, 0.25) is 0 Å². The lowest BCUT2D eigenvalue weighted by Gasteiger charge is -2.16. The molecule has 0 spiro atoms. The number of hydrogen-bond donors (Lipinski definition) is 1. The molecule has 6 heteroatoms. The van der Waals surface area contributed by atoms with Crippen LogP contribution in [0.4, 0.5) is 5.82 Å². The second kappa shape index (κ2) is 6.90. The molecule has 18 heavy (non-hydrogen) atoms. The van der Waals surface area contributed by atoms with E-state index in [0.29, 0.717) is 11.9 Å². The monoisotopic (exact) mass is 252 g/mol. The Labute approximate surface area is 107 Å². The Balaban J connectivity index is 2.50. The lowest BCUT2D eigenvalue weighted by molar-refractivity contribution is 0.0593. The van der Waals surface area contributed by atoms with Crippen LogP contribution in [0.25, 0.3) is 0 Å². The summed E-state index contributed by atoms with van der Waals surface area (Å²) in [6.07, 6.45) is 3.96. The summed E-state index contributed by atoms with van der Waals surface area (Å²) in [4.78, 5) is 21.4. The summed E-state index contributed by atoms with van der Waals surface area (Å²) >= 11 is 0. The predicted octanol–water partition coefficient (Wildman–Crippen LogP) is 1.02. The average Bonchev–Trinajstić information content (AvgIpc) is 2.36. The van der Waals surface area contributed by atoms with Crippen molar-refractivity contribution in [3.63, 3.8) is 0 Å². The third-order valence-corrected chi connectivity index (χ3v) is 2.45. The van der Waals surface area contributed by atoms with E-state index in [9.17, 15) is 4.79 Å². The van der Waals surface area contributed by atoms with Gasteiger partial charge < -0.3 is 15.0 Å². The van der Waals surface area contributed by atoms with Gasteiger partial charge in [-0.05, 0) is 34.0 Å². The Hall–Kier alpha value is -1.69. The quantitative estimate of drug-likeness (QED) is 0.762. The van der Waals surface area contributed by atoms with E-state index in [0.717, 1.165) is 13.0 Å². The van der Waals surface area contributed by atoms with Gasteiger partial charge >= 0.3 is 5.97 Å². The zero-order valence-corrected chi connectivity index (χ0v) is 11.3. The minimum atomic E-state index is -0.477. The molecule has 0 aliphatic heterocycles. The minimum Gasteiger partial charge on any atom is -0.464 e. The number of nitrogens with zero attached hydrogens (tertiary/aromatic N) is 3. The van der Waals surface area contributed by atoms with Crippen LogP contribution in [0.3, 0.4) is 0 Å². The van der Waals surface area contributed by atoms with E-state index in [1.165, 1.54) is 13.3 Å². The summed E-state index contributed by atoms with van der Waals surface area (Å²) in [5, 5.41) is 3.23. The lowest BCUT2D eigenvalue weighted by Crippen LogP contribution is -2.23. The number of methoxy groups -OCH3 is 1. The van der Waals surface area contributed by atoms with Crippen LogP contribution in [0, 0.1) is 0 Å². The summed E-state index contributed by atoms with van der Waals surface area (Å²) < 4.78 is 4.55. The minimum absolute atomic E-state index is 0.212. The van der Waals surface area contributed by atoms with E-state index in [2.05, 4.69) is 31.8 Å². The Morgan fingerprint density at radius 1 is 1.44 bits per heavy atom. The van der Waals surface area contributed by atoms with E-state index in [-0.39, 0.29) is 5.69 Å². The van der Waals surface area contributed by atoms with Gasteiger partial charge in [-0.3, -0.25) is 0 Å². The van der Waals surface area contributed by atoms with Crippen LogP contribution < -0.4 is 5.32 Å². The molecule has 0 aromatic carbocycles. The van der Waals surface area contributed by atoms with Gasteiger partial charge in [-0.25, -0.2) is 14.8 Å². The van der Waals surface area contributed by atoms with Crippen molar-refractivity contribution >= 4 is 11.8 Å². The van der Waals surface area contributed by atoms with Crippen LogP contribution in [0.2, 0.25) is 0 Å². The fourth-order valence-electron chi connectivity index (χ4n) is 1.39. The summed E-state index contributed by atoms with van der Waals surface area (Å²) in [5.41, 5.74) is 0.212. The summed E-state index contributed by atoms with van der Waals surface area (Å²) in [6.45, 7) is 3.08. The number of rotatable bonds is 6. The average molecular weight is 252 g/mol. The number of carbonyl (C=O) groups is 1. The van der Waals surface area contributed by atoms with Crippen molar-refractivity contribution in [3.8, 4) is 0 Å². The largest absolute Gasteiger partial charge is 0.464 e. The smallest absolute Gasteiger partial charge is 0.358 e.